The van der Waals surface area contributed by atoms with Gasteiger partial charge < -0.3 is 4.90 Å². The van der Waals surface area contributed by atoms with E-state index in [9.17, 15) is 4.79 Å². The highest BCUT2D eigenvalue weighted by Crippen LogP contribution is 2.19. The number of aromatic nitrogens is 2. The maximum absolute atomic E-state index is 13.0. The maximum atomic E-state index is 13.0. The lowest BCUT2D eigenvalue weighted by atomic mass is 10.1. The molecule has 1 aliphatic heterocycles. The lowest BCUT2D eigenvalue weighted by Gasteiger charge is -2.34. The van der Waals surface area contributed by atoms with Crippen LogP contribution < -0.4 is 0 Å². The average Bonchev–Trinajstić information content (AvgIpc) is 3.10. The molecule has 144 valence electrons. The van der Waals surface area contributed by atoms with Gasteiger partial charge in [0.1, 0.15) is 0 Å². The van der Waals surface area contributed by atoms with Gasteiger partial charge in [-0.05, 0) is 30.7 Å². The Hall–Kier alpha value is -2.63. The highest BCUT2D eigenvalue weighted by molar-refractivity contribution is 6.30. The van der Waals surface area contributed by atoms with Crippen molar-refractivity contribution in [2.45, 2.75) is 13.5 Å². The van der Waals surface area contributed by atoms with Crippen LogP contribution in [0.15, 0.2) is 60.8 Å². The van der Waals surface area contributed by atoms with Crippen molar-refractivity contribution in [3.8, 4) is 5.69 Å². The highest BCUT2D eigenvalue weighted by atomic mass is 35.5. The number of rotatable bonds is 4. The first kappa shape index (κ1) is 18.7. The number of halogens is 1. The maximum Gasteiger partial charge on any atom is 0.257 e. The Labute approximate surface area is 170 Å². The molecule has 6 heteroatoms. The molecule has 0 spiro atoms. The molecule has 0 bridgehead atoms. The van der Waals surface area contributed by atoms with E-state index in [0.717, 1.165) is 44.1 Å². The number of hydrogen-bond donors (Lipinski definition) is 0. The molecule has 3 aromatic rings. The van der Waals surface area contributed by atoms with Crippen molar-refractivity contribution >= 4 is 17.5 Å². The fraction of sp³-hybridized carbons (Fsp3) is 0.273. The lowest BCUT2D eigenvalue weighted by Crippen LogP contribution is -2.48. The van der Waals surface area contributed by atoms with Crippen LogP contribution >= 0.6 is 11.6 Å². The zero-order valence-corrected chi connectivity index (χ0v) is 16.6. The summed E-state index contributed by atoms with van der Waals surface area (Å²) >= 11 is 6.09. The zero-order valence-electron chi connectivity index (χ0n) is 15.9. The van der Waals surface area contributed by atoms with E-state index < -0.39 is 0 Å². The Morgan fingerprint density at radius 3 is 2.50 bits per heavy atom. The molecule has 1 saturated heterocycles. The molecule has 5 nitrogen and oxygen atoms in total. The van der Waals surface area contributed by atoms with Crippen LogP contribution in [-0.4, -0.2) is 51.7 Å². The number of carbonyl (C=O) groups excluding carboxylic acids is 1. The van der Waals surface area contributed by atoms with E-state index in [0.29, 0.717) is 10.6 Å². The minimum Gasteiger partial charge on any atom is -0.336 e. The molecule has 0 unspecified atom stereocenters. The summed E-state index contributed by atoms with van der Waals surface area (Å²) in [5.74, 6) is 0.0464. The molecular weight excluding hydrogens is 372 g/mol. The van der Waals surface area contributed by atoms with Gasteiger partial charge in [0, 0.05) is 37.7 Å². The van der Waals surface area contributed by atoms with Crippen molar-refractivity contribution in [2.75, 3.05) is 26.2 Å². The number of benzene rings is 2. The molecule has 1 fully saturated rings. The van der Waals surface area contributed by atoms with Crippen LogP contribution in [0.3, 0.4) is 0 Å². The molecule has 1 aromatic heterocycles. The average molecular weight is 395 g/mol. The third kappa shape index (κ3) is 3.96. The SMILES string of the molecule is Cc1c(C(=O)N2CCN(Cc3ccccc3)CC2)cnn1-c1cccc(Cl)c1. The Morgan fingerprint density at radius 2 is 1.79 bits per heavy atom. The quantitative estimate of drug-likeness (QED) is 0.676. The summed E-state index contributed by atoms with van der Waals surface area (Å²) in [4.78, 5) is 17.3. The molecule has 0 radical (unpaired) electrons. The van der Waals surface area contributed by atoms with Crippen LogP contribution in [0.25, 0.3) is 5.69 Å². The molecule has 0 atom stereocenters. The molecule has 0 aliphatic carbocycles. The van der Waals surface area contributed by atoms with Gasteiger partial charge in [0.05, 0.1) is 23.1 Å². The van der Waals surface area contributed by atoms with Crippen LogP contribution in [0.1, 0.15) is 21.6 Å². The van der Waals surface area contributed by atoms with Gasteiger partial charge in [-0.3, -0.25) is 9.69 Å². The molecule has 0 saturated carbocycles. The van der Waals surface area contributed by atoms with Gasteiger partial charge in [-0.15, -0.1) is 0 Å². The number of piperazine rings is 1. The van der Waals surface area contributed by atoms with Crippen molar-refractivity contribution in [3.63, 3.8) is 0 Å². The van der Waals surface area contributed by atoms with Gasteiger partial charge in [-0.1, -0.05) is 48.0 Å². The van der Waals surface area contributed by atoms with Crippen molar-refractivity contribution < 1.29 is 4.79 Å². The predicted molar refractivity (Wildman–Crippen MR) is 111 cm³/mol. The molecule has 2 heterocycles. The normalized spacial score (nSPS) is 15.0. The van der Waals surface area contributed by atoms with E-state index in [4.69, 9.17) is 11.6 Å². The van der Waals surface area contributed by atoms with Gasteiger partial charge >= 0.3 is 0 Å². The summed E-state index contributed by atoms with van der Waals surface area (Å²) in [7, 11) is 0. The second kappa shape index (κ2) is 8.17. The van der Waals surface area contributed by atoms with E-state index in [1.54, 1.807) is 10.9 Å². The summed E-state index contributed by atoms with van der Waals surface area (Å²) < 4.78 is 1.77. The second-order valence-electron chi connectivity index (χ2n) is 7.09. The number of hydrogen-bond acceptors (Lipinski definition) is 3. The molecule has 1 amide bonds. The minimum atomic E-state index is 0.0464. The zero-order chi connectivity index (χ0) is 19.5. The Morgan fingerprint density at radius 1 is 1.04 bits per heavy atom. The molecule has 1 aliphatic rings. The fourth-order valence-corrected chi connectivity index (χ4v) is 3.79. The molecule has 2 aromatic carbocycles. The Balaban J connectivity index is 1.42. The first-order chi connectivity index (χ1) is 13.6. The summed E-state index contributed by atoms with van der Waals surface area (Å²) in [5, 5.41) is 5.06. The van der Waals surface area contributed by atoms with Crippen molar-refractivity contribution in [1.82, 2.24) is 19.6 Å². The van der Waals surface area contributed by atoms with E-state index in [2.05, 4.69) is 34.3 Å². The van der Waals surface area contributed by atoms with Crippen molar-refractivity contribution in [2.24, 2.45) is 0 Å². The molecule has 0 N–H and O–H groups in total. The Kier molecular flexibility index (Phi) is 5.46. The smallest absolute Gasteiger partial charge is 0.257 e. The number of nitrogens with zero attached hydrogens (tertiary/aromatic N) is 4. The van der Waals surface area contributed by atoms with Gasteiger partial charge in [0.2, 0.25) is 0 Å². The standard InChI is InChI=1S/C22H23ClN4O/c1-17-21(15-24-27(17)20-9-5-8-19(23)14-20)22(28)26-12-10-25(11-13-26)16-18-6-3-2-4-7-18/h2-9,14-15H,10-13,16H2,1H3. The van der Waals surface area contributed by atoms with Crippen LogP contribution in [0.4, 0.5) is 0 Å². The topological polar surface area (TPSA) is 41.4 Å². The third-order valence-electron chi connectivity index (χ3n) is 5.20. The van der Waals surface area contributed by atoms with Crippen LogP contribution in [0.5, 0.6) is 0 Å². The predicted octanol–water partition coefficient (Wildman–Crippen LogP) is 3.79. The summed E-state index contributed by atoms with van der Waals surface area (Å²) in [6.07, 6.45) is 1.66. The monoisotopic (exact) mass is 394 g/mol. The summed E-state index contributed by atoms with van der Waals surface area (Å²) in [6, 6.07) is 17.9. The van der Waals surface area contributed by atoms with Crippen molar-refractivity contribution in [1.29, 1.82) is 0 Å². The number of amides is 1. The summed E-state index contributed by atoms with van der Waals surface area (Å²) in [5.41, 5.74) is 3.65. The second-order valence-corrected chi connectivity index (χ2v) is 7.53. The molecular formula is C22H23ClN4O. The van der Waals surface area contributed by atoms with Crippen LogP contribution in [-0.2, 0) is 6.54 Å². The van der Waals surface area contributed by atoms with Gasteiger partial charge in [0.25, 0.3) is 5.91 Å². The van der Waals surface area contributed by atoms with E-state index >= 15 is 0 Å². The lowest BCUT2D eigenvalue weighted by molar-refractivity contribution is 0.0627. The molecule has 4 rings (SSSR count). The van der Waals surface area contributed by atoms with Crippen LogP contribution in [0.2, 0.25) is 5.02 Å². The number of carbonyl (C=O) groups is 1. The van der Waals surface area contributed by atoms with Crippen molar-refractivity contribution in [3.05, 3.63) is 82.6 Å². The minimum absolute atomic E-state index is 0.0464. The first-order valence-corrected chi connectivity index (χ1v) is 9.86. The van der Waals surface area contributed by atoms with Gasteiger partial charge in [-0.25, -0.2) is 4.68 Å². The van der Waals surface area contributed by atoms with E-state index in [-0.39, 0.29) is 5.91 Å². The summed E-state index contributed by atoms with van der Waals surface area (Å²) in [6.45, 7) is 6.06. The molecule has 28 heavy (non-hydrogen) atoms. The van der Waals surface area contributed by atoms with E-state index in [1.807, 2.05) is 42.2 Å². The largest absolute Gasteiger partial charge is 0.336 e. The van der Waals surface area contributed by atoms with Gasteiger partial charge in [0.15, 0.2) is 0 Å². The van der Waals surface area contributed by atoms with E-state index in [1.165, 1.54) is 5.56 Å². The highest BCUT2D eigenvalue weighted by Gasteiger charge is 2.25. The van der Waals surface area contributed by atoms with Gasteiger partial charge in [-0.2, -0.15) is 5.10 Å². The van der Waals surface area contributed by atoms with Crippen LogP contribution in [0, 0.1) is 6.92 Å². The first-order valence-electron chi connectivity index (χ1n) is 9.48. The Bertz CT molecular complexity index is 962. The fourth-order valence-electron chi connectivity index (χ4n) is 3.61. The third-order valence-corrected chi connectivity index (χ3v) is 5.44.